The zero-order valence-electron chi connectivity index (χ0n) is 9.91. The summed E-state index contributed by atoms with van der Waals surface area (Å²) in [6.45, 7) is 0. The fraction of sp³-hybridized carbons (Fsp3) is 0.133. The van der Waals surface area contributed by atoms with Gasteiger partial charge in [0, 0.05) is 5.38 Å². The molecule has 2 aromatic carbocycles. The van der Waals surface area contributed by atoms with Crippen LogP contribution in [-0.2, 0) is 6.42 Å². The molecule has 18 heavy (non-hydrogen) atoms. The molecule has 0 bridgehead atoms. The molecule has 0 aliphatic carbocycles. The number of hydrogen-bond acceptors (Lipinski definition) is 3. The number of fused-ring (bicyclic) bond motifs is 1. The highest BCUT2D eigenvalue weighted by Gasteiger charge is 2.10. The van der Waals surface area contributed by atoms with Crippen molar-refractivity contribution in [2.45, 2.75) is 12.5 Å². The maximum atomic E-state index is 6.21. The Morgan fingerprint density at radius 3 is 2.78 bits per heavy atom. The summed E-state index contributed by atoms with van der Waals surface area (Å²) in [4.78, 5) is 4.29. The van der Waals surface area contributed by atoms with Crippen LogP contribution < -0.4 is 5.73 Å². The molecule has 1 unspecified atom stereocenters. The van der Waals surface area contributed by atoms with Gasteiger partial charge in [0.25, 0.3) is 0 Å². The maximum absolute atomic E-state index is 6.21. The van der Waals surface area contributed by atoms with E-state index in [9.17, 15) is 0 Å². The van der Waals surface area contributed by atoms with Gasteiger partial charge in [0.1, 0.15) is 0 Å². The van der Waals surface area contributed by atoms with E-state index in [1.54, 1.807) is 11.3 Å². The second-order valence-electron chi connectivity index (χ2n) is 4.36. The van der Waals surface area contributed by atoms with Gasteiger partial charge in [0.05, 0.1) is 17.2 Å². The number of aromatic nitrogens is 1. The van der Waals surface area contributed by atoms with Crippen LogP contribution in [0.15, 0.2) is 53.4 Å². The first-order valence-electron chi connectivity index (χ1n) is 5.95. The number of hydrogen-bond donors (Lipinski definition) is 1. The van der Waals surface area contributed by atoms with Gasteiger partial charge in [0.2, 0.25) is 0 Å². The fourth-order valence-electron chi connectivity index (χ4n) is 2.22. The van der Waals surface area contributed by atoms with E-state index in [4.69, 9.17) is 5.73 Å². The lowest BCUT2D eigenvalue weighted by Gasteiger charge is -2.11. The van der Waals surface area contributed by atoms with Gasteiger partial charge in [-0.2, -0.15) is 0 Å². The van der Waals surface area contributed by atoms with Crippen molar-refractivity contribution >= 4 is 22.1 Å². The van der Waals surface area contributed by atoms with Gasteiger partial charge in [-0.25, -0.2) is 4.98 Å². The van der Waals surface area contributed by atoms with Crippen LogP contribution >= 0.6 is 11.3 Å². The quantitative estimate of drug-likeness (QED) is 0.776. The fourth-order valence-corrected chi connectivity index (χ4v) is 2.84. The second-order valence-corrected chi connectivity index (χ2v) is 5.08. The summed E-state index contributed by atoms with van der Waals surface area (Å²) >= 11 is 1.59. The largest absolute Gasteiger partial charge is 0.322 e. The van der Waals surface area contributed by atoms with Crippen LogP contribution in [0.5, 0.6) is 0 Å². The minimum atomic E-state index is -0.0259. The van der Waals surface area contributed by atoms with E-state index in [1.807, 2.05) is 10.9 Å². The van der Waals surface area contributed by atoms with E-state index in [0.717, 1.165) is 12.1 Å². The van der Waals surface area contributed by atoms with Crippen molar-refractivity contribution in [3.63, 3.8) is 0 Å². The van der Waals surface area contributed by atoms with E-state index < -0.39 is 0 Å². The number of nitrogens with zero attached hydrogens (tertiary/aromatic N) is 1. The van der Waals surface area contributed by atoms with Crippen molar-refractivity contribution in [1.29, 1.82) is 0 Å². The Morgan fingerprint density at radius 1 is 1.11 bits per heavy atom. The van der Waals surface area contributed by atoms with Crippen LogP contribution in [0.1, 0.15) is 17.3 Å². The zero-order valence-corrected chi connectivity index (χ0v) is 10.7. The van der Waals surface area contributed by atoms with Crippen molar-refractivity contribution in [2.24, 2.45) is 5.73 Å². The third-order valence-electron chi connectivity index (χ3n) is 3.15. The average molecular weight is 254 g/mol. The van der Waals surface area contributed by atoms with Gasteiger partial charge in [0.15, 0.2) is 0 Å². The predicted octanol–water partition coefficient (Wildman–Crippen LogP) is 3.54. The summed E-state index contributed by atoms with van der Waals surface area (Å²) in [5.74, 6) is 0. The highest BCUT2D eigenvalue weighted by Crippen LogP contribution is 2.23. The van der Waals surface area contributed by atoms with Gasteiger partial charge >= 0.3 is 0 Å². The molecule has 0 amide bonds. The lowest BCUT2D eigenvalue weighted by Crippen LogP contribution is -2.13. The molecule has 1 aromatic heterocycles. The molecular weight excluding hydrogens is 240 g/mol. The van der Waals surface area contributed by atoms with Gasteiger partial charge in [-0.15, -0.1) is 11.3 Å². The lowest BCUT2D eigenvalue weighted by atomic mass is 9.98. The smallest absolute Gasteiger partial charge is 0.0795 e. The van der Waals surface area contributed by atoms with E-state index >= 15 is 0 Å². The van der Waals surface area contributed by atoms with Crippen LogP contribution in [0.25, 0.3) is 10.8 Å². The van der Waals surface area contributed by atoms with Crippen molar-refractivity contribution in [3.8, 4) is 0 Å². The van der Waals surface area contributed by atoms with E-state index in [1.165, 1.54) is 16.3 Å². The van der Waals surface area contributed by atoms with Gasteiger partial charge in [-0.3, -0.25) is 0 Å². The molecule has 0 aliphatic heterocycles. The average Bonchev–Trinajstić information content (AvgIpc) is 2.93. The van der Waals surface area contributed by atoms with E-state index in [2.05, 4.69) is 47.4 Å². The first kappa shape index (κ1) is 11.4. The summed E-state index contributed by atoms with van der Waals surface area (Å²) in [7, 11) is 0. The predicted molar refractivity (Wildman–Crippen MR) is 76.7 cm³/mol. The zero-order chi connectivity index (χ0) is 12.4. The first-order chi connectivity index (χ1) is 8.84. The number of nitrogens with two attached hydrogens (primary N) is 1. The van der Waals surface area contributed by atoms with Crippen molar-refractivity contribution < 1.29 is 0 Å². The van der Waals surface area contributed by atoms with Crippen LogP contribution in [0.3, 0.4) is 0 Å². The molecule has 3 rings (SSSR count). The minimum Gasteiger partial charge on any atom is -0.322 e. The van der Waals surface area contributed by atoms with Gasteiger partial charge in [-0.05, 0) is 22.8 Å². The normalized spacial score (nSPS) is 12.7. The SMILES string of the molecule is NC(Cc1cccc2ccccc12)c1cscn1. The first-order valence-corrected chi connectivity index (χ1v) is 6.89. The number of thiazole rings is 1. The molecule has 2 N–H and O–H groups in total. The van der Waals surface area contributed by atoms with Crippen LogP contribution in [0.2, 0.25) is 0 Å². The molecule has 0 spiro atoms. The number of benzene rings is 2. The third-order valence-corrected chi connectivity index (χ3v) is 3.76. The topological polar surface area (TPSA) is 38.9 Å². The Bertz CT molecular complexity index is 641. The summed E-state index contributed by atoms with van der Waals surface area (Å²) in [5, 5.41) is 4.57. The number of rotatable bonds is 3. The van der Waals surface area contributed by atoms with Crippen LogP contribution in [0, 0.1) is 0 Å². The van der Waals surface area contributed by atoms with Gasteiger partial charge < -0.3 is 5.73 Å². The van der Waals surface area contributed by atoms with Crippen LogP contribution in [-0.4, -0.2) is 4.98 Å². The van der Waals surface area contributed by atoms with E-state index in [0.29, 0.717) is 0 Å². The Morgan fingerprint density at radius 2 is 1.94 bits per heavy atom. The van der Waals surface area contributed by atoms with E-state index in [-0.39, 0.29) is 6.04 Å². The molecule has 0 saturated carbocycles. The standard InChI is InChI=1S/C15H14N2S/c16-14(15-9-18-10-17-15)8-12-6-3-5-11-4-1-2-7-13(11)12/h1-7,9-10,14H,8,16H2. The summed E-state index contributed by atoms with van der Waals surface area (Å²) < 4.78 is 0. The minimum absolute atomic E-state index is 0.0259. The van der Waals surface area contributed by atoms with Gasteiger partial charge in [-0.1, -0.05) is 42.5 Å². The highest BCUT2D eigenvalue weighted by atomic mass is 32.1. The second kappa shape index (κ2) is 4.88. The molecule has 1 heterocycles. The molecule has 0 aliphatic rings. The summed E-state index contributed by atoms with van der Waals surface area (Å²) in [6.07, 6.45) is 0.824. The van der Waals surface area contributed by atoms with Crippen molar-refractivity contribution in [2.75, 3.05) is 0 Å². The lowest BCUT2D eigenvalue weighted by molar-refractivity contribution is 0.705. The summed E-state index contributed by atoms with van der Waals surface area (Å²) in [5.41, 5.74) is 10.3. The van der Waals surface area contributed by atoms with Crippen LogP contribution in [0.4, 0.5) is 0 Å². The monoisotopic (exact) mass is 254 g/mol. The molecule has 3 heteroatoms. The molecular formula is C15H14N2S. The Hall–Kier alpha value is -1.71. The summed E-state index contributed by atoms with van der Waals surface area (Å²) in [6, 6.07) is 14.8. The molecule has 0 saturated heterocycles. The Labute approximate surface area is 110 Å². The van der Waals surface area contributed by atoms with Crippen molar-refractivity contribution in [1.82, 2.24) is 4.98 Å². The molecule has 1 atom stereocenters. The van der Waals surface area contributed by atoms with Crippen molar-refractivity contribution in [3.05, 3.63) is 64.6 Å². The Balaban J connectivity index is 1.95. The molecule has 0 fully saturated rings. The Kier molecular flexibility index (Phi) is 3.09. The molecule has 2 nitrogen and oxygen atoms in total. The molecule has 90 valence electrons. The highest BCUT2D eigenvalue weighted by molar-refractivity contribution is 7.07. The maximum Gasteiger partial charge on any atom is 0.0795 e. The molecule has 3 aromatic rings. The third kappa shape index (κ3) is 2.15. The molecule has 0 radical (unpaired) electrons.